The van der Waals surface area contributed by atoms with E-state index in [4.69, 9.17) is 0 Å². The van der Waals surface area contributed by atoms with Crippen LogP contribution in [-0.4, -0.2) is 42.6 Å². The minimum atomic E-state index is -0.0626. The molecule has 142 valence electrons. The molecule has 1 aromatic carbocycles. The topological polar surface area (TPSA) is 76.8 Å². The average Bonchev–Trinajstić information content (AvgIpc) is 3.10. The normalized spacial score (nSPS) is 11.4. The van der Waals surface area contributed by atoms with E-state index in [0.29, 0.717) is 23.7 Å². The molecule has 0 fully saturated rings. The van der Waals surface area contributed by atoms with Gasteiger partial charge in [-0.25, -0.2) is 4.98 Å². The molecule has 4 aromatic rings. The molecule has 7 nitrogen and oxygen atoms in total. The summed E-state index contributed by atoms with van der Waals surface area (Å²) in [5, 5.41) is 9.36. The summed E-state index contributed by atoms with van der Waals surface area (Å²) in [7, 11) is 1.78. The number of amides is 1. The highest BCUT2D eigenvalue weighted by Gasteiger charge is 2.16. The lowest BCUT2D eigenvalue weighted by atomic mass is 10.1. The van der Waals surface area contributed by atoms with Crippen molar-refractivity contribution in [2.75, 3.05) is 7.05 Å². The van der Waals surface area contributed by atoms with Crippen LogP contribution in [0.15, 0.2) is 48.9 Å². The summed E-state index contributed by atoms with van der Waals surface area (Å²) in [4.78, 5) is 23.3. The van der Waals surface area contributed by atoms with E-state index in [1.54, 1.807) is 30.5 Å². The van der Waals surface area contributed by atoms with E-state index in [0.717, 1.165) is 28.7 Å². The Morgan fingerprint density at radius 1 is 1.14 bits per heavy atom. The maximum atomic E-state index is 13.0. The average molecular weight is 374 g/mol. The fraction of sp³-hybridized carbons (Fsp3) is 0.286. The Bertz CT molecular complexity index is 1140. The highest BCUT2D eigenvalue weighted by atomic mass is 16.2. The fourth-order valence-corrected chi connectivity index (χ4v) is 3.33. The summed E-state index contributed by atoms with van der Waals surface area (Å²) in [6.07, 6.45) is 3.52. The Morgan fingerprint density at radius 3 is 2.75 bits per heavy atom. The molecule has 7 heteroatoms. The van der Waals surface area contributed by atoms with Gasteiger partial charge in [0.1, 0.15) is 0 Å². The number of carbonyl (C=O) groups excluding carboxylic acids is 1. The number of imidazole rings is 1. The van der Waals surface area contributed by atoms with Crippen molar-refractivity contribution in [1.29, 1.82) is 0 Å². The molecule has 0 N–H and O–H groups in total. The van der Waals surface area contributed by atoms with Crippen LogP contribution in [0.4, 0.5) is 0 Å². The Hall–Kier alpha value is -3.35. The van der Waals surface area contributed by atoms with E-state index in [-0.39, 0.29) is 5.91 Å². The predicted octanol–water partition coefficient (Wildman–Crippen LogP) is 3.30. The second kappa shape index (κ2) is 7.34. The number of hydrogen-bond donors (Lipinski definition) is 0. The summed E-state index contributed by atoms with van der Waals surface area (Å²) >= 11 is 0. The third kappa shape index (κ3) is 3.43. The minimum Gasteiger partial charge on any atom is -0.336 e. The van der Waals surface area contributed by atoms with Gasteiger partial charge < -0.3 is 9.47 Å². The van der Waals surface area contributed by atoms with Crippen LogP contribution >= 0.6 is 0 Å². The van der Waals surface area contributed by atoms with E-state index >= 15 is 0 Å². The molecule has 0 aliphatic carbocycles. The van der Waals surface area contributed by atoms with Crippen molar-refractivity contribution in [2.24, 2.45) is 5.92 Å². The predicted molar refractivity (Wildman–Crippen MR) is 108 cm³/mol. The van der Waals surface area contributed by atoms with E-state index < -0.39 is 0 Å². The van der Waals surface area contributed by atoms with Gasteiger partial charge in [-0.1, -0.05) is 19.9 Å². The molecule has 4 rings (SSSR count). The van der Waals surface area contributed by atoms with Crippen molar-refractivity contribution in [3.05, 3.63) is 60.2 Å². The molecule has 0 aliphatic rings. The first-order valence-corrected chi connectivity index (χ1v) is 9.29. The van der Waals surface area contributed by atoms with Gasteiger partial charge in [0.2, 0.25) is 5.65 Å². The molecule has 1 amide bonds. The first kappa shape index (κ1) is 18.0. The highest BCUT2D eigenvalue weighted by molar-refractivity contribution is 6.05. The van der Waals surface area contributed by atoms with Crippen LogP contribution in [0, 0.1) is 5.92 Å². The zero-order chi connectivity index (χ0) is 19.7. The summed E-state index contributed by atoms with van der Waals surface area (Å²) in [6.45, 7) is 5.59. The summed E-state index contributed by atoms with van der Waals surface area (Å²) in [6, 6.07) is 11.2. The van der Waals surface area contributed by atoms with Gasteiger partial charge in [0.25, 0.3) is 5.91 Å². The number of pyridine rings is 1. The number of fused-ring (bicyclic) bond motifs is 3. The second-order valence-corrected chi connectivity index (χ2v) is 7.38. The standard InChI is InChI=1S/C21H22N6O/c1-14(2)11-27-13-23-20-19(27)17-10-15(7-8-18(17)24-25-20)21(28)26(3)12-16-6-4-5-9-22-16/h4-10,13-14H,11-12H2,1-3H3. The number of hydrogen-bond acceptors (Lipinski definition) is 5. The van der Waals surface area contributed by atoms with Crippen LogP contribution in [0.5, 0.6) is 0 Å². The van der Waals surface area contributed by atoms with Crippen LogP contribution in [-0.2, 0) is 13.1 Å². The van der Waals surface area contributed by atoms with Crippen LogP contribution in [0.1, 0.15) is 29.9 Å². The zero-order valence-electron chi connectivity index (χ0n) is 16.2. The third-order valence-electron chi connectivity index (χ3n) is 4.60. The van der Waals surface area contributed by atoms with E-state index in [9.17, 15) is 4.79 Å². The number of benzene rings is 1. The Labute approximate surface area is 163 Å². The number of carbonyl (C=O) groups is 1. The lowest BCUT2D eigenvalue weighted by Crippen LogP contribution is -2.26. The first-order valence-electron chi connectivity index (χ1n) is 9.29. The molecule has 28 heavy (non-hydrogen) atoms. The summed E-state index contributed by atoms with van der Waals surface area (Å²) in [5.41, 5.74) is 3.72. The lowest BCUT2D eigenvalue weighted by molar-refractivity contribution is 0.0783. The molecule has 0 saturated carbocycles. The van der Waals surface area contributed by atoms with Gasteiger partial charge in [-0.15, -0.1) is 10.2 Å². The van der Waals surface area contributed by atoms with Gasteiger partial charge in [0.15, 0.2) is 0 Å². The van der Waals surface area contributed by atoms with Crippen LogP contribution in [0.2, 0.25) is 0 Å². The third-order valence-corrected chi connectivity index (χ3v) is 4.60. The maximum Gasteiger partial charge on any atom is 0.253 e. The van der Waals surface area contributed by atoms with Crippen molar-refractivity contribution in [1.82, 2.24) is 29.6 Å². The monoisotopic (exact) mass is 374 g/mol. The maximum absolute atomic E-state index is 13.0. The molecule has 0 bridgehead atoms. The molecular formula is C21H22N6O. The van der Waals surface area contributed by atoms with Crippen molar-refractivity contribution in [3.8, 4) is 0 Å². The highest BCUT2D eigenvalue weighted by Crippen LogP contribution is 2.24. The second-order valence-electron chi connectivity index (χ2n) is 7.38. The van der Waals surface area contributed by atoms with E-state index in [2.05, 4.69) is 38.6 Å². The number of nitrogens with zero attached hydrogens (tertiary/aromatic N) is 6. The van der Waals surface area contributed by atoms with E-state index in [1.165, 1.54) is 0 Å². The molecule has 0 saturated heterocycles. The van der Waals surface area contributed by atoms with Gasteiger partial charge in [0, 0.05) is 30.7 Å². The molecule has 0 atom stereocenters. The minimum absolute atomic E-state index is 0.0626. The Morgan fingerprint density at radius 2 is 2.00 bits per heavy atom. The van der Waals surface area contributed by atoms with E-state index in [1.807, 2.05) is 30.3 Å². The molecule has 0 radical (unpaired) electrons. The smallest absolute Gasteiger partial charge is 0.253 e. The molecule has 3 aromatic heterocycles. The molecular weight excluding hydrogens is 352 g/mol. The molecule has 0 spiro atoms. The molecule has 0 aliphatic heterocycles. The Balaban J connectivity index is 1.72. The van der Waals surface area contributed by atoms with Gasteiger partial charge in [-0.3, -0.25) is 9.78 Å². The summed E-state index contributed by atoms with van der Waals surface area (Å²) < 4.78 is 2.09. The van der Waals surface area contributed by atoms with Gasteiger partial charge in [-0.05, 0) is 36.2 Å². The van der Waals surface area contributed by atoms with Gasteiger partial charge >= 0.3 is 0 Å². The van der Waals surface area contributed by atoms with Crippen molar-refractivity contribution in [3.63, 3.8) is 0 Å². The van der Waals surface area contributed by atoms with Crippen LogP contribution in [0.25, 0.3) is 22.1 Å². The zero-order valence-corrected chi connectivity index (χ0v) is 16.2. The number of rotatable bonds is 5. The van der Waals surface area contributed by atoms with Gasteiger partial charge in [0.05, 0.1) is 29.6 Å². The first-order chi connectivity index (χ1) is 13.5. The van der Waals surface area contributed by atoms with Crippen molar-refractivity contribution in [2.45, 2.75) is 26.9 Å². The largest absolute Gasteiger partial charge is 0.336 e. The van der Waals surface area contributed by atoms with Crippen LogP contribution in [0.3, 0.4) is 0 Å². The molecule has 3 heterocycles. The fourth-order valence-electron chi connectivity index (χ4n) is 3.33. The Kier molecular flexibility index (Phi) is 4.73. The van der Waals surface area contributed by atoms with Crippen LogP contribution < -0.4 is 0 Å². The molecule has 0 unspecified atom stereocenters. The lowest BCUT2D eigenvalue weighted by Gasteiger charge is -2.17. The number of aromatic nitrogens is 5. The van der Waals surface area contributed by atoms with Crippen molar-refractivity contribution >= 4 is 28.0 Å². The van der Waals surface area contributed by atoms with Gasteiger partial charge in [-0.2, -0.15) is 0 Å². The SMILES string of the molecule is CC(C)Cn1cnc2nnc3ccc(C(=O)N(C)Cc4ccccn4)cc3c21. The van der Waals surface area contributed by atoms with Crippen molar-refractivity contribution < 1.29 is 4.79 Å². The summed E-state index contributed by atoms with van der Waals surface area (Å²) in [5.74, 6) is 0.405. The quantitative estimate of drug-likeness (QED) is 0.536.